The van der Waals surface area contributed by atoms with Gasteiger partial charge in [0.2, 0.25) is 5.91 Å². The average Bonchev–Trinajstić information content (AvgIpc) is 2.44. The molecule has 0 aliphatic rings. The Morgan fingerprint density at radius 2 is 1.90 bits per heavy atom. The van der Waals surface area contributed by atoms with Crippen LogP contribution in [-0.2, 0) is 9.59 Å². The van der Waals surface area contributed by atoms with Gasteiger partial charge in [0.05, 0.1) is 5.69 Å². The molecule has 2 N–H and O–H groups in total. The number of hydrogen-bond acceptors (Lipinski definition) is 3. The van der Waals surface area contributed by atoms with Gasteiger partial charge in [0.25, 0.3) is 5.91 Å². The molecule has 0 heterocycles. The highest BCUT2D eigenvalue weighted by Gasteiger charge is 2.16. The summed E-state index contributed by atoms with van der Waals surface area (Å²) in [7, 11) is 0. The molecule has 0 saturated heterocycles. The van der Waals surface area contributed by atoms with E-state index in [4.69, 9.17) is 0 Å². The molecule has 21 heavy (non-hydrogen) atoms. The first-order valence-corrected chi connectivity index (χ1v) is 7.29. The van der Waals surface area contributed by atoms with Crippen molar-refractivity contribution >= 4 is 23.2 Å². The van der Waals surface area contributed by atoms with Crippen LogP contribution in [0.4, 0.5) is 5.69 Å². The van der Waals surface area contributed by atoms with Gasteiger partial charge in [-0.15, -0.1) is 0 Å². The van der Waals surface area contributed by atoms with Crippen LogP contribution in [0.3, 0.4) is 0 Å². The van der Waals surface area contributed by atoms with Crippen molar-refractivity contribution in [2.75, 3.05) is 18.4 Å². The molecule has 1 aromatic rings. The Balaban J connectivity index is 3.15. The fraction of sp³-hybridized carbons (Fsp3) is 0.438. The number of aliphatic imine (C=N–C) groups is 1. The number of carbonyl (C=O) groups is 2. The molecule has 0 fully saturated rings. The van der Waals surface area contributed by atoms with Gasteiger partial charge in [0.1, 0.15) is 5.71 Å². The average molecular weight is 289 g/mol. The maximum atomic E-state index is 12.2. The van der Waals surface area contributed by atoms with E-state index in [9.17, 15) is 9.59 Å². The zero-order valence-corrected chi connectivity index (χ0v) is 12.9. The summed E-state index contributed by atoms with van der Waals surface area (Å²) in [5, 5.41) is 5.51. The standard InChI is InChI=1S/C16H23N3O2/c1-4-6-11-18-15(16(21)17-5-2)13-9-7-8-10-14(13)19-12(3)20/h7-10H,4-6,11H2,1-3H3,(H,17,21)(H,19,20). The van der Waals surface area contributed by atoms with Gasteiger partial charge < -0.3 is 10.6 Å². The number of unbranched alkanes of at least 4 members (excludes halogenated alkanes) is 1. The van der Waals surface area contributed by atoms with Crippen LogP contribution in [0, 0.1) is 0 Å². The van der Waals surface area contributed by atoms with Gasteiger partial charge in [-0.2, -0.15) is 0 Å². The highest BCUT2D eigenvalue weighted by Crippen LogP contribution is 2.16. The number of carbonyl (C=O) groups excluding carboxylic acids is 2. The van der Waals surface area contributed by atoms with E-state index < -0.39 is 0 Å². The van der Waals surface area contributed by atoms with Gasteiger partial charge in [0.15, 0.2) is 0 Å². The summed E-state index contributed by atoms with van der Waals surface area (Å²) in [5.41, 5.74) is 1.62. The van der Waals surface area contributed by atoms with Gasteiger partial charge >= 0.3 is 0 Å². The van der Waals surface area contributed by atoms with Gasteiger partial charge in [0, 0.05) is 25.6 Å². The lowest BCUT2D eigenvalue weighted by atomic mass is 10.1. The van der Waals surface area contributed by atoms with E-state index in [1.165, 1.54) is 6.92 Å². The molecule has 0 saturated carbocycles. The van der Waals surface area contributed by atoms with Crippen LogP contribution >= 0.6 is 0 Å². The largest absolute Gasteiger partial charge is 0.351 e. The first-order valence-electron chi connectivity index (χ1n) is 7.29. The maximum Gasteiger partial charge on any atom is 0.270 e. The Hall–Kier alpha value is -2.17. The van der Waals surface area contributed by atoms with Crippen molar-refractivity contribution in [2.24, 2.45) is 4.99 Å². The van der Waals surface area contributed by atoms with Crippen molar-refractivity contribution in [3.8, 4) is 0 Å². The van der Waals surface area contributed by atoms with Gasteiger partial charge in [-0.3, -0.25) is 14.6 Å². The molecular weight excluding hydrogens is 266 g/mol. The second kappa shape index (κ2) is 8.89. The molecule has 0 atom stereocenters. The van der Waals surface area contributed by atoms with Crippen molar-refractivity contribution < 1.29 is 9.59 Å². The second-order valence-electron chi connectivity index (χ2n) is 4.67. The number of rotatable bonds is 7. The van der Waals surface area contributed by atoms with E-state index in [1.54, 1.807) is 12.1 Å². The maximum absolute atomic E-state index is 12.2. The monoisotopic (exact) mass is 289 g/mol. The highest BCUT2D eigenvalue weighted by molar-refractivity contribution is 6.46. The number of anilines is 1. The lowest BCUT2D eigenvalue weighted by Crippen LogP contribution is -2.32. The number of hydrogen-bond donors (Lipinski definition) is 2. The van der Waals surface area contributed by atoms with Crippen molar-refractivity contribution in [1.82, 2.24) is 5.32 Å². The smallest absolute Gasteiger partial charge is 0.270 e. The summed E-state index contributed by atoms with van der Waals surface area (Å²) in [5.74, 6) is -0.391. The number of para-hydroxylation sites is 1. The highest BCUT2D eigenvalue weighted by atomic mass is 16.2. The topological polar surface area (TPSA) is 70.6 Å². The fourth-order valence-corrected chi connectivity index (χ4v) is 1.86. The molecule has 0 spiro atoms. The SMILES string of the molecule is CCCCN=C(C(=O)NCC)c1ccccc1NC(C)=O. The quantitative estimate of drug-likeness (QED) is 0.597. The van der Waals surface area contributed by atoms with Crippen LogP contribution in [0.5, 0.6) is 0 Å². The Bertz CT molecular complexity index is 524. The van der Waals surface area contributed by atoms with Crippen LogP contribution in [0.2, 0.25) is 0 Å². The third kappa shape index (κ3) is 5.38. The first-order chi connectivity index (χ1) is 10.1. The van der Waals surface area contributed by atoms with E-state index in [1.807, 2.05) is 19.1 Å². The predicted molar refractivity (Wildman–Crippen MR) is 85.7 cm³/mol. The number of nitrogens with zero attached hydrogens (tertiary/aromatic N) is 1. The zero-order chi connectivity index (χ0) is 15.7. The summed E-state index contributed by atoms with van der Waals surface area (Å²) >= 11 is 0. The summed E-state index contributed by atoms with van der Waals surface area (Å²) in [4.78, 5) is 27.9. The third-order valence-electron chi connectivity index (χ3n) is 2.83. The van der Waals surface area contributed by atoms with Crippen molar-refractivity contribution in [3.63, 3.8) is 0 Å². The lowest BCUT2D eigenvalue weighted by Gasteiger charge is -2.12. The lowest BCUT2D eigenvalue weighted by molar-refractivity contribution is -0.115. The minimum Gasteiger partial charge on any atom is -0.351 e. The Kier molecular flexibility index (Phi) is 7.15. The minimum absolute atomic E-state index is 0.175. The molecule has 0 unspecified atom stereocenters. The van der Waals surface area contributed by atoms with Crippen molar-refractivity contribution in [1.29, 1.82) is 0 Å². The van der Waals surface area contributed by atoms with E-state index in [-0.39, 0.29) is 11.8 Å². The molecule has 5 nitrogen and oxygen atoms in total. The molecule has 114 valence electrons. The third-order valence-corrected chi connectivity index (χ3v) is 2.83. The summed E-state index contributed by atoms with van der Waals surface area (Å²) in [6.07, 6.45) is 1.94. The molecule has 1 rings (SSSR count). The Morgan fingerprint density at radius 1 is 1.19 bits per heavy atom. The van der Waals surface area contributed by atoms with Gasteiger partial charge in [-0.25, -0.2) is 0 Å². The fourth-order valence-electron chi connectivity index (χ4n) is 1.86. The van der Waals surface area contributed by atoms with Crippen molar-refractivity contribution in [2.45, 2.75) is 33.6 Å². The molecule has 0 aromatic heterocycles. The second-order valence-corrected chi connectivity index (χ2v) is 4.67. The predicted octanol–water partition coefficient (Wildman–Crippen LogP) is 2.37. The number of benzene rings is 1. The summed E-state index contributed by atoms with van der Waals surface area (Å²) in [6.45, 7) is 6.51. The zero-order valence-electron chi connectivity index (χ0n) is 12.9. The number of nitrogens with one attached hydrogen (secondary N) is 2. The van der Waals surface area contributed by atoms with Crippen LogP contribution in [0.15, 0.2) is 29.3 Å². The first kappa shape index (κ1) is 16.9. The van der Waals surface area contributed by atoms with Gasteiger partial charge in [-0.1, -0.05) is 31.5 Å². The molecule has 0 aliphatic carbocycles. The van der Waals surface area contributed by atoms with Gasteiger partial charge in [-0.05, 0) is 19.4 Å². The van der Waals surface area contributed by atoms with Crippen molar-refractivity contribution in [3.05, 3.63) is 29.8 Å². The molecular formula is C16H23N3O2. The summed E-state index contributed by atoms with van der Waals surface area (Å²) < 4.78 is 0. The molecule has 2 amide bonds. The van der Waals surface area contributed by atoms with E-state index in [2.05, 4.69) is 22.5 Å². The van der Waals surface area contributed by atoms with E-state index >= 15 is 0 Å². The molecule has 0 radical (unpaired) electrons. The van der Waals surface area contributed by atoms with E-state index in [0.29, 0.717) is 30.1 Å². The van der Waals surface area contributed by atoms with Crippen LogP contribution < -0.4 is 10.6 Å². The normalized spacial score (nSPS) is 11.1. The molecule has 1 aromatic carbocycles. The van der Waals surface area contributed by atoms with E-state index in [0.717, 1.165) is 12.8 Å². The van der Waals surface area contributed by atoms with Crippen LogP contribution in [0.1, 0.15) is 39.2 Å². The molecule has 5 heteroatoms. The summed E-state index contributed by atoms with van der Waals surface area (Å²) in [6, 6.07) is 7.21. The Morgan fingerprint density at radius 3 is 2.52 bits per heavy atom. The Labute approximate surface area is 125 Å². The number of amides is 2. The minimum atomic E-state index is -0.216. The van der Waals surface area contributed by atoms with Crippen LogP contribution in [0.25, 0.3) is 0 Å². The molecule has 0 aliphatic heterocycles. The number of likely N-dealkylation sites (N-methyl/N-ethyl adjacent to an activating group) is 1. The molecule has 0 bridgehead atoms. The van der Waals surface area contributed by atoms with Crippen LogP contribution in [-0.4, -0.2) is 30.6 Å².